The summed E-state index contributed by atoms with van der Waals surface area (Å²) in [4.78, 5) is 0. The fourth-order valence-electron chi connectivity index (χ4n) is 2.01. The fourth-order valence-corrected chi connectivity index (χ4v) is 2.28. The third kappa shape index (κ3) is 2.35. The SMILES string of the molecule is COc1cccc(Cl)c1C(O)c1ccccc1C. The van der Waals surface area contributed by atoms with Crippen molar-refractivity contribution in [2.24, 2.45) is 0 Å². The Bertz CT molecular complexity index is 552. The summed E-state index contributed by atoms with van der Waals surface area (Å²) >= 11 is 6.17. The Kier molecular flexibility index (Phi) is 3.90. The Morgan fingerprint density at radius 3 is 2.50 bits per heavy atom. The van der Waals surface area contributed by atoms with Crippen LogP contribution in [-0.4, -0.2) is 12.2 Å². The number of ether oxygens (including phenoxy) is 1. The second kappa shape index (κ2) is 5.42. The molecular formula is C15H15ClO2. The van der Waals surface area contributed by atoms with Crippen molar-refractivity contribution in [1.29, 1.82) is 0 Å². The predicted molar refractivity (Wildman–Crippen MR) is 73.2 cm³/mol. The molecule has 2 aromatic carbocycles. The van der Waals surface area contributed by atoms with Crippen LogP contribution < -0.4 is 4.74 Å². The lowest BCUT2D eigenvalue weighted by Crippen LogP contribution is -2.05. The highest BCUT2D eigenvalue weighted by Gasteiger charge is 2.19. The Morgan fingerprint density at radius 2 is 1.83 bits per heavy atom. The number of methoxy groups -OCH3 is 1. The maximum absolute atomic E-state index is 10.5. The van der Waals surface area contributed by atoms with Crippen molar-refractivity contribution >= 4 is 11.6 Å². The molecule has 0 saturated carbocycles. The number of halogens is 1. The van der Waals surface area contributed by atoms with Crippen molar-refractivity contribution in [2.75, 3.05) is 7.11 Å². The summed E-state index contributed by atoms with van der Waals surface area (Å²) in [6.45, 7) is 1.96. The molecule has 0 amide bonds. The molecule has 0 aliphatic heterocycles. The van der Waals surface area contributed by atoms with Crippen LogP contribution >= 0.6 is 11.6 Å². The lowest BCUT2D eigenvalue weighted by Gasteiger charge is -2.18. The van der Waals surface area contributed by atoms with Gasteiger partial charge in [-0.25, -0.2) is 0 Å². The van der Waals surface area contributed by atoms with Gasteiger partial charge in [0.05, 0.1) is 12.1 Å². The Balaban J connectivity index is 2.52. The van der Waals surface area contributed by atoms with Gasteiger partial charge in [-0.2, -0.15) is 0 Å². The summed E-state index contributed by atoms with van der Waals surface area (Å²) in [5.74, 6) is 0.596. The number of benzene rings is 2. The van der Waals surface area contributed by atoms with Gasteiger partial charge in [0.2, 0.25) is 0 Å². The maximum Gasteiger partial charge on any atom is 0.126 e. The van der Waals surface area contributed by atoms with Gasteiger partial charge < -0.3 is 9.84 Å². The van der Waals surface area contributed by atoms with Crippen LogP contribution in [0.3, 0.4) is 0 Å². The molecule has 3 heteroatoms. The molecule has 94 valence electrons. The van der Waals surface area contributed by atoms with Crippen LogP contribution in [0.25, 0.3) is 0 Å². The van der Waals surface area contributed by atoms with Crippen LogP contribution in [0, 0.1) is 6.92 Å². The average Bonchev–Trinajstić information content (AvgIpc) is 2.38. The van der Waals surface area contributed by atoms with Crippen LogP contribution in [0.5, 0.6) is 5.75 Å². The summed E-state index contributed by atoms with van der Waals surface area (Å²) in [6, 6.07) is 13.0. The van der Waals surface area contributed by atoms with Crippen molar-refractivity contribution in [3.05, 3.63) is 64.2 Å². The van der Waals surface area contributed by atoms with Crippen LogP contribution in [0.15, 0.2) is 42.5 Å². The first-order chi connectivity index (χ1) is 8.65. The zero-order valence-electron chi connectivity index (χ0n) is 10.4. The second-order valence-electron chi connectivity index (χ2n) is 4.11. The van der Waals surface area contributed by atoms with Gasteiger partial charge in [0, 0.05) is 5.56 Å². The van der Waals surface area contributed by atoms with Gasteiger partial charge in [0.25, 0.3) is 0 Å². The first-order valence-corrected chi connectivity index (χ1v) is 6.09. The van der Waals surface area contributed by atoms with Crippen LogP contribution in [0.2, 0.25) is 5.02 Å². The van der Waals surface area contributed by atoms with Crippen LogP contribution in [0.1, 0.15) is 22.8 Å². The zero-order chi connectivity index (χ0) is 13.1. The minimum absolute atomic E-state index is 0.505. The molecule has 0 saturated heterocycles. The molecule has 1 unspecified atom stereocenters. The number of hydrogen-bond donors (Lipinski definition) is 1. The van der Waals surface area contributed by atoms with E-state index >= 15 is 0 Å². The van der Waals surface area contributed by atoms with E-state index in [1.165, 1.54) is 0 Å². The van der Waals surface area contributed by atoms with E-state index in [2.05, 4.69) is 0 Å². The molecule has 2 nitrogen and oxygen atoms in total. The standard InChI is InChI=1S/C15H15ClO2/c1-10-6-3-4-7-11(10)15(17)14-12(16)8-5-9-13(14)18-2/h3-9,15,17H,1-2H3. The van der Waals surface area contributed by atoms with E-state index in [0.717, 1.165) is 11.1 Å². The van der Waals surface area contributed by atoms with Gasteiger partial charge in [-0.15, -0.1) is 0 Å². The van der Waals surface area contributed by atoms with E-state index in [1.807, 2.05) is 31.2 Å². The quantitative estimate of drug-likeness (QED) is 0.913. The van der Waals surface area contributed by atoms with Crippen LogP contribution in [0.4, 0.5) is 0 Å². The smallest absolute Gasteiger partial charge is 0.126 e. The number of hydrogen-bond acceptors (Lipinski definition) is 2. The summed E-state index contributed by atoms with van der Waals surface area (Å²) < 4.78 is 5.26. The van der Waals surface area contributed by atoms with E-state index in [0.29, 0.717) is 16.3 Å². The molecule has 0 fully saturated rings. The van der Waals surface area contributed by atoms with Gasteiger partial charge in [0.15, 0.2) is 0 Å². The van der Waals surface area contributed by atoms with Gasteiger partial charge >= 0.3 is 0 Å². The molecule has 0 heterocycles. The third-order valence-corrected chi connectivity index (χ3v) is 3.32. The van der Waals surface area contributed by atoms with Crippen molar-refractivity contribution in [2.45, 2.75) is 13.0 Å². The largest absolute Gasteiger partial charge is 0.496 e. The molecule has 0 aliphatic rings. The summed E-state index contributed by atoms with van der Waals surface area (Å²) in [7, 11) is 1.57. The molecule has 0 spiro atoms. The molecule has 1 N–H and O–H groups in total. The highest BCUT2D eigenvalue weighted by Crippen LogP contribution is 2.36. The van der Waals surface area contributed by atoms with Crippen molar-refractivity contribution in [1.82, 2.24) is 0 Å². The minimum atomic E-state index is -0.783. The molecule has 2 aromatic rings. The molecule has 18 heavy (non-hydrogen) atoms. The molecule has 0 bridgehead atoms. The monoisotopic (exact) mass is 262 g/mol. The molecule has 0 radical (unpaired) electrons. The number of rotatable bonds is 3. The average molecular weight is 263 g/mol. The first-order valence-electron chi connectivity index (χ1n) is 5.71. The van der Waals surface area contributed by atoms with Crippen LogP contribution in [-0.2, 0) is 0 Å². The van der Waals surface area contributed by atoms with E-state index in [1.54, 1.807) is 25.3 Å². The topological polar surface area (TPSA) is 29.5 Å². The number of aryl methyl sites for hydroxylation is 1. The molecule has 1 atom stereocenters. The molecular weight excluding hydrogens is 248 g/mol. The number of aliphatic hydroxyl groups is 1. The molecule has 0 aliphatic carbocycles. The van der Waals surface area contributed by atoms with Gasteiger partial charge in [0.1, 0.15) is 11.9 Å². The second-order valence-corrected chi connectivity index (χ2v) is 4.52. The Hall–Kier alpha value is -1.51. The van der Waals surface area contributed by atoms with E-state index in [4.69, 9.17) is 16.3 Å². The highest BCUT2D eigenvalue weighted by molar-refractivity contribution is 6.31. The normalized spacial score (nSPS) is 12.2. The Labute approximate surface area is 112 Å². The predicted octanol–water partition coefficient (Wildman–Crippen LogP) is 3.74. The Morgan fingerprint density at radius 1 is 1.11 bits per heavy atom. The maximum atomic E-state index is 10.5. The lowest BCUT2D eigenvalue weighted by molar-refractivity contribution is 0.214. The highest BCUT2D eigenvalue weighted by atomic mass is 35.5. The van der Waals surface area contributed by atoms with Gasteiger partial charge in [-0.05, 0) is 30.2 Å². The summed E-state index contributed by atoms with van der Waals surface area (Å²) in [5, 5.41) is 11.0. The summed E-state index contributed by atoms with van der Waals surface area (Å²) in [5.41, 5.74) is 2.46. The van der Waals surface area contributed by atoms with E-state index < -0.39 is 6.10 Å². The minimum Gasteiger partial charge on any atom is -0.496 e. The lowest BCUT2D eigenvalue weighted by atomic mass is 9.97. The third-order valence-electron chi connectivity index (χ3n) is 2.99. The van der Waals surface area contributed by atoms with Crippen molar-refractivity contribution in [3.63, 3.8) is 0 Å². The van der Waals surface area contributed by atoms with Crippen molar-refractivity contribution in [3.8, 4) is 5.75 Å². The molecule has 0 aromatic heterocycles. The van der Waals surface area contributed by atoms with E-state index in [9.17, 15) is 5.11 Å². The zero-order valence-corrected chi connectivity index (χ0v) is 11.1. The number of aliphatic hydroxyl groups excluding tert-OH is 1. The van der Waals surface area contributed by atoms with Gasteiger partial charge in [-0.1, -0.05) is 41.9 Å². The van der Waals surface area contributed by atoms with Crippen molar-refractivity contribution < 1.29 is 9.84 Å². The summed E-state index contributed by atoms with van der Waals surface area (Å²) in [6.07, 6.45) is -0.783. The van der Waals surface area contributed by atoms with E-state index in [-0.39, 0.29) is 0 Å². The fraction of sp³-hybridized carbons (Fsp3) is 0.200. The van der Waals surface area contributed by atoms with Gasteiger partial charge in [-0.3, -0.25) is 0 Å². The molecule has 2 rings (SSSR count). The first kappa shape index (κ1) is 12.9.